The number of aromatic nitrogens is 1. The minimum atomic E-state index is -0.507. The average Bonchev–Trinajstić information content (AvgIpc) is 2.93. The summed E-state index contributed by atoms with van der Waals surface area (Å²) in [6.45, 7) is 4.37. The number of carbonyl (C=O) groups is 1. The molecular weight excluding hydrogens is 320 g/mol. The van der Waals surface area contributed by atoms with Gasteiger partial charge in [-0.2, -0.15) is 0 Å². The molecule has 0 aliphatic rings. The Bertz CT molecular complexity index is 909. The Kier molecular flexibility index (Phi) is 4.81. The second kappa shape index (κ2) is 7.01. The smallest absolute Gasteiger partial charge is 0.269 e. The zero-order chi connectivity index (χ0) is 17.1. The van der Waals surface area contributed by atoms with Gasteiger partial charge in [-0.1, -0.05) is 53.5 Å². The van der Waals surface area contributed by atoms with Gasteiger partial charge in [0.15, 0.2) is 0 Å². The minimum absolute atomic E-state index is 0.100. The number of benzene rings is 2. The highest BCUT2D eigenvalue weighted by molar-refractivity contribution is 7.14. The molecule has 1 atom stereocenters. The van der Waals surface area contributed by atoms with Crippen molar-refractivity contribution in [2.75, 3.05) is 6.54 Å². The van der Waals surface area contributed by atoms with Crippen molar-refractivity contribution < 1.29 is 4.79 Å². The van der Waals surface area contributed by atoms with E-state index in [4.69, 9.17) is 0 Å². The monoisotopic (exact) mass is 340 g/mol. The molecule has 0 bridgehead atoms. The summed E-state index contributed by atoms with van der Waals surface area (Å²) in [5.41, 5.74) is 2.31. The van der Waals surface area contributed by atoms with Crippen LogP contribution < -0.4 is 10.9 Å². The minimum Gasteiger partial charge on any atom is -0.354 e. The molecule has 0 saturated heterocycles. The van der Waals surface area contributed by atoms with Gasteiger partial charge in [0.1, 0.15) is 6.04 Å². The number of carbonyl (C=O) groups excluding carboxylic acids is 1. The number of amides is 1. The molecule has 1 heterocycles. The van der Waals surface area contributed by atoms with E-state index in [1.54, 1.807) is 16.9 Å². The number of nitrogens with zero attached hydrogens (tertiary/aromatic N) is 1. The summed E-state index contributed by atoms with van der Waals surface area (Å²) in [6, 6.07) is 15.2. The van der Waals surface area contributed by atoms with Gasteiger partial charge in [0, 0.05) is 6.54 Å². The van der Waals surface area contributed by atoms with E-state index in [2.05, 4.69) is 36.5 Å². The summed E-state index contributed by atoms with van der Waals surface area (Å²) in [7, 11) is 0. The van der Waals surface area contributed by atoms with Crippen LogP contribution in [0.3, 0.4) is 0 Å². The van der Waals surface area contributed by atoms with Crippen LogP contribution in [0, 0.1) is 6.92 Å². The van der Waals surface area contributed by atoms with Gasteiger partial charge in [-0.05, 0) is 38.0 Å². The van der Waals surface area contributed by atoms with Crippen LogP contribution in [0.4, 0.5) is 0 Å². The number of hydrogen-bond donors (Lipinski definition) is 1. The Hall–Kier alpha value is -2.40. The molecule has 1 N–H and O–H groups in total. The number of hydrogen-bond acceptors (Lipinski definition) is 3. The molecule has 3 rings (SSSR count). The lowest BCUT2D eigenvalue weighted by atomic mass is 10.1. The van der Waals surface area contributed by atoms with Crippen LogP contribution >= 0.6 is 11.5 Å². The largest absolute Gasteiger partial charge is 0.354 e. The van der Waals surface area contributed by atoms with E-state index in [0.717, 1.165) is 11.1 Å². The summed E-state index contributed by atoms with van der Waals surface area (Å²) in [4.78, 5) is 24.7. The lowest BCUT2D eigenvalue weighted by Gasteiger charge is -2.12. The first-order chi connectivity index (χ1) is 11.6. The Morgan fingerprint density at radius 1 is 1.17 bits per heavy atom. The van der Waals surface area contributed by atoms with Crippen LogP contribution in [0.15, 0.2) is 53.3 Å². The molecule has 0 unspecified atom stereocenters. The topological polar surface area (TPSA) is 51.1 Å². The standard InChI is InChI=1S/C19H20N2O2S/c1-13-7-9-15(10-8-13)11-12-20-18(22)14(2)21-19(23)16-5-3-4-6-17(16)24-21/h3-10,14H,11-12H2,1-2H3,(H,20,22)/t14-/m0/s1. The van der Waals surface area contributed by atoms with Crippen LogP contribution in [0.5, 0.6) is 0 Å². The zero-order valence-corrected chi connectivity index (χ0v) is 14.6. The average molecular weight is 340 g/mol. The Labute approximate surface area is 144 Å². The maximum Gasteiger partial charge on any atom is 0.269 e. The zero-order valence-electron chi connectivity index (χ0n) is 13.8. The van der Waals surface area contributed by atoms with Crippen molar-refractivity contribution in [2.45, 2.75) is 26.3 Å². The van der Waals surface area contributed by atoms with Gasteiger partial charge in [0.2, 0.25) is 5.91 Å². The van der Waals surface area contributed by atoms with Crippen molar-refractivity contribution in [1.82, 2.24) is 9.27 Å². The number of fused-ring (bicyclic) bond motifs is 1. The van der Waals surface area contributed by atoms with E-state index in [9.17, 15) is 9.59 Å². The molecule has 0 spiro atoms. The quantitative estimate of drug-likeness (QED) is 0.775. The van der Waals surface area contributed by atoms with Crippen molar-refractivity contribution in [1.29, 1.82) is 0 Å². The summed E-state index contributed by atoms with van der Waals surface area (Å²) < 4.78 is 2.45. The van der Waals surface area contributed by atoms with Crippen LogP contribution in [-0.2, 0) is 11.2 Å². The molecule has 2 aromatic carbocycles. The molecule has 0 radical (unpaired) electrons. The predicted octanol–water partition coefficient (Wildman–Crippen LogP) is 3.29. The maximum absolute atomic E-state index is 12.4. The highest BCUT2D eigenvalue weighted by Gasteiger charge is 2.19. The molecule has 0 fully saturated rings. The predicted molar refractivity (Wildman–Crippen MR) is 98.7 cm³/mol. The first kappa shape index (κ1) is 16.5. The van der Waals surface area contributed by atoms with Crippen LogP contribution in [-0.4, -0.2) is 16.4 Å². The lowest BCUT2D eigenvalue weighted by Crippen LogP contribution is -2.34. The van der Waals surface area contributed by atoms with Gasteiger partial charge >= 0.3 is 0 Å². The van der Waals surface area contributed by atoms with E-state index >= 15 is 0 Å². The SMILES string of the molecule is Cc1ccc(CCNC(=O)[C@H](C)n2sc3ccccc3c2=O)cc1. The van der Waals surface area contributed by atoms with Crippen LogP contribution in [0.1, 0.15) is 24.1 Å². The summed E-state index contributed by atoms with van der Waals surface area (Å²) in [5.74, 6) is -0.129. The first-order valence-electron chi connectivity index (χ1n) is 8.00. The van der Waals surface area contributed by atoms with Gasteiger partial charge in [-0.3, -0.25) is 13.5 Å². The molecule has 4 nitrogen and oxygen atoms in total. The summed E-state index contributed by atoms with van der Waals surface area (Å²) in [6.07, 6.45) is 0.778. The van der Waals surface area contributed by atoms with Gasteiger partial charge < -0.3 is 5.32 Å². The molecule has 5 heteroatoms. The number of aryl methyl sites for hydroxylation is 1. The Balaban J connectivity index is 1.64. The third-order valence-electron chi connectivity index (χ3n) is 4.08. The fraction of sp³-hybridized carbons (Fsp3) is 0.263. The highest BCUT2D eigenvalue weighted by Crippen LogP contribution is 2.19. The normalized spacial score (nSPS) is 12.2. The molecule has 3 aromatic rings. The molecule has 0 saturated carbocycles. The van der Waals surface area contributed by atoms with E-state index in [0.29, 0.717) is 11.9 Å². The third-order valence-corrected chi connectivity index (χ3v) is 5.31. The Morgan fingerprint density at radius 3 is 2.58 bits per heavy atom. The van der Waals surface area contributed by atoms with Crippen molar-refractivity contribution in [3.63, 3.8) is 0 Å². The van der Waals surface area contributed by atoms with Crippen LogP contribution in [0.2, 0.25) is 0 Å². The number of rotatable bonds is 5. The van der Waals surface area contributed by atoms with Gasteiger partial charge in [0.05, 0.1) is 10.1 Å². The van der Waals surface area contributed by atoms with Crippen molar-refractivity contribution in [3.8, 4) is 0 Å². The first-order valence-corrected chi connectivity index (χ1v) is 8.77. The second-order valence-electron chi connectivity index (χ2n) is 5.92. The molecular formula is C19H20N2O2S. The molecule has 0 aliphatic heterocycles. The molecule has 1 amide bonds. The van der Waals surface area contributed by atoms with E-state index in [1.165, 1.54) is 22.7 Å². The van der Waals surface area contributed by atoms with Gasteiger partial charge in [-0.15, -0.1) is 0 Å². The fourth-order valence-corrected chi connectivity index (χ4v) is 3.62. The van der Waals surface area contributed by atoms with Crippen LogP contribution in [0.25, 0.3) is 10.1 Å². The van der Waals surface area contributed by atoms with E-state index < -0.39 is 6.04 Å². The lowest BCUT2D eigenvalue weighted by molar-refractivity contribution is -0.123. The second-order valence-corrected chi connectivity index (χ2v) is 6.94. The summed E-state index contributed by atoms with van der Waals surface area (Å²) in [5, 5.41) is 3.59. The number of nitrogens with one attached hydrogen (secondary N) is 1. The highest BCUT2D eigenvalue weighted by atomic mass is 32.1. The fourth-order valence-electron chi connectivity index (χ4n) is 2.58. The maximum atomic E-state index is 12.4. The van der Waals surface area contributed by atoms with Gasteiger partial charge in [-0.25, -0.2) is 0 Å². The summed E-state index contributed by atoms with van der Waals surface area (Å²) >= 11 is 1.34. The third kappa shape index (κ3) is 3.41. The Morgan fingerprint density at radius 2 is 1.88 bits per heavy atom. The van der Waals surface area contributed by atoms with Crippen molar-refractivity contribution in [3.05, 3.63) is 70.0 Å². The van der Waals surface area contributed by atoms with E-state index in [-0.39, 0.29) is 11.5 Å². The molecule has 24 heavy (non-hydrogen) atoms. The molecule has 124 valence electrons. The molecule has 1 aromatic heterocycles. The van der Waals surface area contributed by atoms with Crippen molar-refractivity contribution in [2.24, 2.45) is 0 Å². The van der Waals surface area contributed by atoms with Crippen molar-refractivity contribution >= 4 is 27.5 Å². The molecule has 0 aliphatic carbocycles. The van der Waals surface area contributed by atoms with E-state index in [1.807, 2.05) is 18.2 Å². The van der Waals surface area contributed by atoms with Gasteiger partial charge in [0.25, 0.3) is 5.56 Å².